The lowest BCUT2D eigenvalue weighted by atomic mass is 10.0. The van der Waals surface area contributed by atoms with Gasteiger partial charge in [-0.25, -0.2) is 0 Å². The van der Waals surface area contributed by atoms with Crippen LogP contribution in [0.1, 0.15) is 28.7 Å². The number of hydrogen-bond donors (Lipinski definition) is 2. The lowest BCUT2D eigenvalue weighted by Crippen LogP contribution is -2.22. The van der Waals surface area contributed by atoms with E-state index in [9.17, 15) is 4.79 Å². The summed E-state index contributed by atoms with van der Waals surface area (Å²) in [4.78, 5) is 10.6. The van der Waals surface area contributed by atoms with Crippen molar-refractivity contribution in [2.75, 3.05) is 6.54 Å². The van der Waals surface area contributed by atoms with Gasteiger partial charge in [-0.2, -0.15) is 0 Å². The molecule has 0 spiro atoms. The van der Waals surface area contributed by atoms with Gasteiger partial charge in [-0.05, 0) is 43.0 Å². The van der Waals surface area contributed by atoms with Gasteiger partial charge >= 0.3 is 0 Å². The Kier molecular flexibility index (Phi) is 4.50. The Morgan fingerprint density at radius 2 is 1.81 bits per heavy atom. The molecule has 0 aliphatic rings. The molecular formula is C13H20N2O. The molecule has 1 amide bonds. The van der Waals surface area contributed by atoms with Crippen molar-refractivity contribution in [2.45, 2.75) is 33.7 Å². The average Bonchev–Trinajstić information content (AvgIpc) is 2.19. The van der Waals surface area contributed by atoms with Crippen LogP contribution in [0.25, 0.3) is 0 Å². The van der Waals surface area contributed by atoms with Gasteiger partial charge in [-0.3, -0.25) is 4.79 Å². The van der Waals surface area contributed by atoms with Crippen LogP contribution in [0, 0.1) is 20.8 Å². The van der Waals surface area contributed by atoms with Crippen molar-refractivity contribution in [1.29, 1.82) is 0 Å². The average molecular weight is 220 g/mol. The molecule has 0 aromatic heterocycles. The van der Waals surface area contributed by atoms with Gasteiger partial charge in [0, 0.05) is 19.5 Å². The highest BCUT2D eigenvalue weighted by molar-refractivity contribution is 5.73. The molecule has 0 heterocycles. The third-order valence-electron chi connectivity index (χ3n) is 2.82. The fraction of sp³-hybridized carbons (Fsp3) is 0.462. The summed E-state index contributed by atoms with van der Waals surface area (Å²) >= 11 is 0. The van der Waals surface area contributed by atoms with Gasteiger partial charge in [0.1, 0.15) is 0 Å². The lowest BCUT2D eigenvalue weighted by molar-refractivity contribution is -0.117. The van der Waals surface area contributed by atoms with E-state index >= 15 is 0 Å². The molecular weight excluding hydrogens is 200 g/mol. The van der Waals surface area contributed by atoms with E-state index in [1.54, 1.807) is 0 Å². The first-order valence-corrected chi connectivity index (χ1v) is 5.56. The molecule has 3 heteroatoms. The molecule has 0 saturated heterocycles. The number of aryl methyl sites for hydroxylation is 3. The highest BCUT2D eigenvalue weighted by atomic mass is 16.1. The molecule has 0 unspecified atom stereocenters. The van der Waals surface area contributed by atoms with Crippen molar-refractivity contribution in [3.8, 4) is 0 Å². The zero-order valence-electron chi connectivity index (χ0n) is 10.3. The molecule has 0 saturated carbocycles. The van der Waals surface area contributed by atoms with E-state index in [0.29, 0.717) is 13.0 Å². The number of hydrogen-bond acceptors (Lipinski definition) is 2. The second kappa shape index (κ2) is 5.66. The van der Waals surface area contributed by atoms with Crippen LogP contribution < -0.4 is 11.1 Å². The minimum absolute atomic E-state index is 0.260. The molecule has 88 valence electrons. The van der Waals surface area contributed by atoms with E-state index in [4.69, 9.17) is 5.73 Å². The zero-order chi connectivity index (χ0) is 12.1. The van der Waals surface area contributed by atoms with Crippen molar-refractivity contribution in [2.24, 2.45) is 5.73 Å². The zero-order valence-corrected chi connectivity index (χ0v) is 10.3. The van der Waals surface area contributed by atoms with E-state index in [-0.39, 0.29) is 5.91 Å². The van der Waals surface area contributed by atoms with Crippen molar-refractivity contribution >= 4 is 5.91 Å². The Morgan fingerprint density at radius 3 is 2.44 bits per heavy atom. The normalized spacial score (nSPS) is 10.4. The van der Waals surface area contributed by atoms with E-state index < -0.39 is 0 Å². The maximum Gasteiger partial charge on any atom is 0.218 e. The third-order valence-corrected chi connectivity index (χ3v) is 2.82. The smallest absolute Gasteiger partial charge is 0.218 e. The van der Waals surface area contributed by atoms with Gasteiger partial charge in [0.15, 0.2) is 0 Å². The standard InChI is InChI=1S/C13H20N2O/c1-9-6-11(3)12(7-10(9)2)8-15-5-4-13(14)16/h6-7,15H,4-5,8H2,1-3H3,(H2,14,16). The summed E-state index contributed by atoms with van der Waals surface area (Å²) in [6.45, 7) is 7.77. The second-order valence-corrected chi connectivity index (χ2v) is 4.26. The molecule has 0 aliphatic heterocycles. The van der Waals surface area contributed by atoms with Crippen LogP contribution in [0.2, 0.25) is 0 Å². The molecule has 0 aliphatic carbocycles. The van der Waals surface area contributed by atoms with Crippen LogP contribution in [-0.2, 0) is 11.3 Å². The Hall–Kier alpha value is -1.35. The number of carbonyl (C=O) groups excluding carboxylic acids is 1. The van der Waals surface area contributed by atoms with Gasteiger partial charge in [0.25, 0.3) is 0 Å². The fourth-order valence-electron chi connectivity index (χ4n) is 1.65. The summed E-state index contributed by atoms with van der Waals surface area (Å²) < 4.78 is 0. The number of amides is 1. The van der Waals surface area contributed by atoms with Gasteiger partial charge in [-0.15, -0.1) is 0 Å². The molecule has 3 N–H and O–H groups in total. The van der Waals surface area contributed by atoms with Crippen molar-refractivity contribution in [3.05, 3.63) is 34.4 Å². The number of nitrogens with two attached hydrogens (primary N) is 1. The van der Waals surface area contributed by atoms with Crippen LogP contribution in [0.4, 0.5) is 0 Å². The van der Waals surface area contributed by atoms with Crippen molar-refractivity contribution in [1.82, 2.24) is 5.32 Å². The maximum atomic E-state index is 10.6. The minimum atomic E-state index is -0.260. The number of carbonyl (C=O) groups is 1. The van der Waals surface area contributed by atoms with Crippen LogP contribution >= 0.6 is 0 Å². The fourth-order valence-corrected chi connectivity index (χ4v) is 1.65. The van der Waals surface area contributed by atoms with E-state index in [2.05, 4.69) is 38.2 Å². The molecule has 1 rings (SSSR count). The molecule has 3 nitrogen and oxygen atoms in total. The SMILES string of the molecule is Cc1cc(C)c(CNCCC(N)=O)cc1C. The molecule has 0 atom stereocenters. The number of primary amides is 1. The molecule has 16 heavy (non-hydrogen) atoms. The summed E-state index contributed by atoms with van der Waals surface area (Å²) in [6.07, 6.45) is 0.393. The van der Waals surface area contributed by atoms with Gasteiger partial charge in [0.05, 0.1) is 0 Å². The molecule has 0 fully saturated rings. The number of benzene rings is 1. The lowest BCUT2D eigenvalue weighted by Gasteiger charge is -2.10. The monoisotopic (exact) mass is 220 g/mol. The Morgan fingerprint density at radius 1 is 1.19 bits per heavy atom. The Labute approximate surface area is 97.0 Å². The van der Waals surface area contributed by atoms with E-state index in [1.807, 2.05) is 0 Å². The predicted molar refractivity (Wildman–Crippen MR) is 66.2 cm³/mol. The molecule has 1 aromatic rings. The van der Waals surface area contributed by atoms with E-state index in [0.717, 1.165) is 6.54 Å². The number of nitrogens with one attached hydrogen (secondary N) is 1. The topological polar surface area (TPSA) is 55.1 Å². The molecule has 1 aromatic carbocycles. The Balaban J connectivity index is 2.54. The van der Waals surface area contributed by atoms with Crippen LogP contribution in [0.3, 0.4) is 0 Å². The summed E-state index contributed by atoms with van der Waals surface area (Å²) in [5, 5.41) is 3.22. The second-order valence-electron chi connectivity index (χ2n) is 4.26. The first-order valence-electron chi connectivity index (χ1n) is 5.56. The molecule has 0 bridgehead atoms. The molecule has 0 radical (unpaired) electrons. The van der Waals surface area contributed by atoms with Gasteiger partial charge in [0.2, 0.25) is 5.91 Å². The van der Waals surface area contributed by atoms with Crippen molar-refractivity contribution < 1.29 is 4.79 Å². The van der Waals surface area contributed by atoms with Gasteiger partial charge < -0.3 is 11.1 Å². The largest absolute Gasteiger partial charge is 0.370 e. The number of rotatable bonds is 5. The summed E-state index contributed by atoms with van der Waals surface area (Å²) in [5.41, 5.74) is 10.3. The van der Waals surface area contributed by atoms with Gasteiger partial charge in [-0.1, -0.05) is 12.1 Å². The first kappa shape index (κ1) is 12.7. The quantitative estimate of drug-likeness (QED) is 0.740. The summed E-state index contributed by atoms with van der Waals surface area (Å²) in [5.74, 6) is -0.260. The van der Waals surface area contributed by atoms with Crippen LogP contribution in [0.5, 0.6) is 0 Å². The third kappa shape index (κ3) is 3.66. The summed E-state index contributed by atoms with van der Waals surface area (Å²) in [6, 6.07) is 4.39. The maximum absolute atomic E-state index is 10.6. The predicted octanol–water partition coefficient (Wildman–Crippen LogP) is 1.58. The highest BCUT2D eigenvalue weighted by Gasteiger charge is 2.01. The van der Waals surface area contributed by atoms with E-state index in [1.165, 1.54) is 22.3 Å². The first-order chi connectivity index (χ1) is 7.50. The van der Waals surface area contributed by atoms with Crippen LogP contribution in [0.15, 0.2) is 12.1 Å². The summed E-state index contributed by atoms with van der Waals surface area (Å²) in [7, 11) is 0. The highest BCUT2D eigenvalue weighted by Crippen LogP contribution is 2.14. The van der Waals surface area contributed by atoms with Crippen molar-refractivity contribution in [3.63, 3.8) is 0 Å². The Bertz CT molecular complexity index is 386. The van der Waals surface area contributed by atoms with Crippen LogP contribution in [-0.4, -0.2) is 12.5 Å². The minimum Gasteiger partial charge on any atom is -0.370 e.